The highest BCUT2D eigenvalue weighted by atomic mass is 16.6. The maximum atomic E-state index is 11.9. The third-order valence-electron chi connectivity index (χ3n) is 5.58. The molecule has 1 atom stereocenters. The number of hydrogen-bond acceptors (Lipinski definition) is 3. The Morgan fingerprint density at radius 3 is 2.39 bits per heavy atom. The van der Waals surface area contributed by atoms with Gasteiger partial charge in [0.1, 0.15) is 0 Å². The van der Waals surface area contributed by atoms with Crippen molar-refractivity contribution in [3.8, 4) is 0 Å². The summed E-state index contributed by atoms with van der Waals surface area (Å²) < 4.78 is 2.12. The number of benzene rings is 3. The number of amides is 1. The van der Waals surface area contributed by atoms with E-state index in [9.17, 15) is 14.9 Å². The first-order valence-corrected chi connectivity index (χ1v) is 10.1. The number of aromatic nitrogens is 1. The van der Waals surface area contributed by atoms with E-state index in [0.29, 0.717) is 12.1 Å². The number of rotatable bonds is 7. The Morgan fingerprint density at radius 2 is 1.68 bits per heavy atom. The van der Waals surface area contributed by atoms with Gasteiger partial charge in [-0.1, -0.05) is 66.2 Å². The summed E-state index contributed by atoms with van der Waals surface area (Å²) in [5, 5.41) is 12.6. The molecule has 0 bridgehead atoms. The molecular formula is C25H23N3O3. The molecule has 0 aliphatic heterocycles. The van der Waals surface area contributed by atoms with E-state index in [1.807, 2.05) is 37.4 Å². The Kier molecular flexibility index (Phi) is 5.54. The number of fused-ring (bicyclic) bond motifs is 1. The van der Waals surface area contributed by atoms with Crippen molar-refractivity contribution in [2.75, 3.05) is 0 Å². The standard InChI is InChI=1S/C25H23N3O3/c1-17-10-12-18(13-11-17)15-27-16-22(20-7-2-4-8-23(20)27)21(14-25(26)29)19-6-3-5-9-24(19)28(30)31/h2-13,16,21H,14-15H2,1H3,(H2,26,29)/t21-/m1/s1. The highest BCUT2D eigenvalue weighted by Crippen LogP contribution is 2.38. The zero-order valence-corrected chi connectivity index (χ0v) is 17.2. The van der Waals surface area contributed by atoms with E-state index in [4.69, 9.17) is 5.73 Å². The van der Waals surface area contributed by atoms with Crippen molar-refractivity contribution in [1.29, 1.82) is 0 Å². The van der Waals surface area contributed by atoms with Crippen LogP contribution in [0.1, 0.15) is 34.6 Å². The summed E-state index contributed by atoms with van der Waals surface area (Å²) in [6, 6.07) is 22.8. The first-order chi connectivity index (χ1) is 14.9. The van der Waals surface area contributed by atoms with E-state index < -0.39 is 16.7 Å². The monoisotopic (exact) mass is 413 g/mol. The van der Waals surface area contributed by atoms with Gasteiger partial charge in [0, 0.05) is 47.6 Å². The van der Waals surface area contributed by atoms with Gasteiger partial charge in [0.2, 0.25) is 5.91 Å². The molecule has 3 aromatic carbocycles. The van der Waals surface area contributed by atoms with Crippen LogP contribution in [0.2, 0.25) is 0 Å². The second-order valence-electron chi connectivity index (χ2n) is 7.75. The molecule has 4 aromatic rings. The smallest absolute Gasteiger partial charge is 0.273 e. The third kappa shape index (κ3) is 4.19. The van der Waals surface area contributed by atoms with Gasteiger partial charge in [-0.25, -0.2) is 0 Å². The Labute approximate surface area is 180 Å². The van der Waals surface area contributed by atoms with Gasteiger partial charge < -0.3 is 10.3 Å². The molecule has 31 heavy (non-hydrogen) atoms. The number of nitrogens with two attached hydrogens (primary N) is 1. The summed E-state index contributed by atoms with van der Waals surface area (Å²) in [7, 11) is 0. The van der Waals surface area contributed by atoms with Gasteiger partial charge in [0.25, 0.3) is 5.69 Å². The van der Waals surface area contributed by atoms with Crippen LogP contribution >= 0.6 is 0 Å². The van der Waals surface area contributed by atoms with E-state index in [1.54, 1.807) is 18.2 Å². The fourth-order valence-corrected chi connectivity index (χ4v) is 4.11. The SMILES string of the molecule is Cc1ccc(Cn2cc([C@H](CC(N)=O)c3ccccc3[N+](=O)[O-])c3ccccc32)cc1. The van der Waals surface area contributed by atoms with Gasteiger partial charge >= 0.3 is 0 Å². The van der Waals surface area contributed by atoms with Crippen LogP contribution in [0.5, 0.6) is 0 Å². The molecule has 1 aromatic heterocycles. The molecule has 0 fully saturated rings. The van der Waals surface area contributed by atoms with Crippen molar-refractivity contribution in [2.24, 2.45) is 5.73 Å². The highest BCUT2D eigenvalue weighted by molar-refractivity contribution is 5.87. The van der Waals surface area contributed by atoms with E-state index in [-0.39, 0.29) is 12.1 Å². The van der Waals surface area contributed by atoms with Crippen LogP contribution in [0.3, 0.4) is 0 Å². The number of nitro groups is 1. The molecule has 1 amide bonds. The lowest BCUT2D eigenvalue weighted by atomic mass is 9.87. The lowest BCUT2D eigenvalue weighted by molar-refractivity contribution is -0.385. The van der Waals surface area contributed by atoms with E-state index in [0.717, 1.165) is 22.0 Å². The van der Waals surface area contributed by atoms with Crippen LogP contribution in [-0.4, -0.2) is 15.4 Å². The van der Waals surface area contributed by atoms with E-state index >= 15 is 0 Å². The Balaban J connectivity index is 1.87. The van der Waals surface area contributed by atoms with Crippen LogP contribution in [0.4, 0.5) is 5.69 Å². The molecule has 6 nitrogen and oxygen atoms in total. The van der Waals surface area contributed by atoms with E-state index in [2.05, 4.69) is 28.8 Å². The fourth-order valence-electron chi connectivity index (χ4n) is 4.11. The van der Waals surface area contributed by atoms with Crippen molar-refractivity contribution >= 4 is 22.5 Å². The Hall–Kier alpha value is -3.93. The number of nitro benzene ring substituents is 1. The minimum atomic E-state index is -0.511. The maximum Gasteiger partial charge on any atom is 0.273 e. The molecule has 0 aliphatic carbocycles. The lowest BCUT2D eigenvalue weighted by Crippen LogP contribution is -2.17. The average Bonchev–Trinajstić information content (AvgIpc) is 3.12. The molecule has 0 saturated heterocycles. The summed E-state index contributed by atoms with van der Waals surface area (Å²) in [6.45, 7) is 2.70. The Bertz CT molecular complexity index is 1260. The third-order valence-corrected chi connectivity index (χ3v) is 5.58. The molecule has 6 heteroatoms. The number of carbonyl (C=O) groups is 1. The minimum absolute atomic E-state index is 0.0101. The number of hydrogen-bond donors (Lipinski definition) is 1. The zero-order valence-electron chi connectivity index (χ0n) is 17.2. The van der Waals surface area contributed by atoms with Crippen molar-refractivity contribution < 1.29 is 9.72 Å². The van der Waals surface area contributed by atoms with Gasteiger partial charge in [-0.15, -0.1) is 0 Å². The molecule has 0 aliphatic rings. The molecular weight excluding hydrogens is 390 g/mol. The van der Waals surface area contributed by atoms with Crippen molar-refractivity contribution in [2.45, 2.75) is 25.8 Å². The minimum Gasteiger partial charge on any atom is -0.370 e. The maximum absolute atomic E-state index is 11.9. The number of aryl methyl sites for hydroxylation is 1. The van der Waals surface area contributed by atoms with Crippen LogP contribution in [0.25, 0.3) is 10.9 Å². The van der Waals surface area contributed by atoms with Crippen molar-refractivity contribution in [3.63, 3.8) is 0 Å². The van der Waals surface area contributed by atoms with Crippen LogP contribution in [-0.2, 0) is 11.3 Å². The average molecular weight is 413 g/mol. The fraction of sp³-hybridized carbons (Fsp3) is 0.160. The van der Waals surface area contributed by atoms with Crippen LogP contribution in [0, 0.1) is 17.0 Å². The molecule has 156 valence electrons. The van der Waals surface area contributed by atoms with Crippen LogP contribution < -0.4 is 5.73 Å². The summed E-state index contributed by atoms with van der Waals surface area (Å²) in [6.07, 6.45) is 1.98. The molecule has 0 spiro atoms. The summed E-state index contributed by atoms with van der Waals surface area (Å²) in [5.41, 5.74) is 10.3. The summed E-state index contributed by atoms with van der Waals surface area (Å²) in [5.74, 6) is -1.01. The zero-order chi connectivity index (χ0) is 22.0. The quantitative estimate of drug-likeness (QED) is 0.345. The summed E-state index contributed by atoms with van der Waals surface area (Å²) >= 11 is 0. The van der Waals surface area contributed by atoms with Crippen LogP contribution in [0.15, 0.2) is 79.0 Å². The van der Waals surface area contributed by atoms with Crippen molar-refractivity contribution in [3.05, 3.63) is 111 Å². The molecule has 0 unspecified atom stereocenters. The predicted molar refractivity (Wildman–Crippen MR) is 121 cm³/mol. The second-order valence-corrected chi connectivity index (χ2v) is 7.75. The first-order valence-electron chi connectivity index (χ1n) is 10.1. The van der Waals surface area contributed by atoms with Gasteiger partial charge in [-0.3, -0.25) is 14.9 Å². The van der Waals surface area contributed by atoms with Gasteiger partial charge in [0.05, 0.1) is 4.92 Å². The molecule has 2 N–H and O–H groups in total. The number of para-hydroxylation sites is 2. The van der Waals surface area contributed by atoms with E-state index in [1.165, 1.54) is 11.6 Å². The van der Waals surface area contributed by atoms with Gasteiger partial charge in [0.15, 0.2) is 0 Å². The molecule has 0 saturated carbocycles. The van der Waals surface area contributed by atoms with Crippen molar-refractivity contribution in [1.82, 2.24) is 4.57 Å². The normalized spacial score (nSPS) is 12.0. The topological polar surface area (TPSA) is 91.2 Å². The molecule has 4 rings (SSSR count). The first kappa shape index (κ1) is 20.3. The second kappa shape index (κ2) is 8.44. The number of primary amides is 1. The predicted octanol–water partition coefficient (Wildman–Crippen LogP) is 4.91. The molecule has 0 radical (unpaired) electrons. The largest absolute Gasteiger partial charge is 0.370 e. The molecule has 1 heterocycles. The Morgan fingerprint density at radius 1 is 1.00 bits per heavy atom. The lowest BCUT2D eigenvalue weighted by Gasteiger charge is -2.15. The summed E-state index contributed by atoms with van der Waals surface area (Å²) in [4.78, 5) is 23.2. The van der Waals surface area contributed by atoms with Gasteiger partial charge in [-0.2, -0.15) is 0 Å². The number of nitrogens with zero attached hydrogens (tertiary/aromatic N) is 2. The highest BCUT2D eigenvalue weighted by Gasteiger charge is 2.27. The number of carbonyl (C=O) groups excluding carboxylic acids is 1. The van der Waals surface area contributed by atoms with Gasteiger partial charge in [-0.05, 0) is 24.1 Å².